The topological polar surface area (TPSA) is 49.4 Å². The zero-order chi connectivity index (χ0) is 13.9. The molecule has 1 N–H and O–H groups in total. The van der Waals surface area contributed by atoms with Crippen molar-refractivity contribution >= 4 is 11.8 Å². The molecule has 112 valence electrons. The molecular weight excluding hydrogens is 252 g/mol. The summed E-state index contributed by atoms with van der Waals surface area (Å²) >= 11 is 0. The summed E-state index contributed by atoms with van der Waals surface area (Å²) in [4.78, 5) is 26.3. The van der Waals surface area contributed by atoms with Crippen LogP contribution in [0.1, 0.15) is 51.4 Å². The fraction of sp³-hybridized carbons (Fsp3) is 0.875. The van der Waals surface area contributed by atoms with Gasteiger partial charge in [0.05, 0.1) is 0 Å². The Labute approximate surface area is 121 Å². The molecule has 20 heavy (non-hydrogen) atoms. The quantitative estimate of drug-likeness (QED) is 0.797. The highest BCUT2D eigenvalue weighted by atomic mass is 16.2. The molecule has 0 bridgehead atoms. The summed E-state index contributed by atoms with van der Waals surface area (Å²) < 4.78 is 0. The van der Waals surface area contributed by atoms with Crippen LogP contribution < -0.4 is 5.32 Å². The third kappa shape index (κ3) is 2.99. The van der Waals surface area contributed by atoms with Gasteiger partial charge in [0, 0.05) is 32.0 Å². The lowest BCUT2D eigenvalue weighted by Gasteiger charge is -2.39. The SMILES string of the molecule is O=C1C[C@@H]2CCN(C(=O)C3CCCCC3)C[C@@H]2CCN1. The molecule has 0 unspecified atom stereocenters. The van der Waals surface area contributed by atoms with Crippen molar-refractivity contribution in [3.05, 3.63) is 0 Å². The van der Waals surface area contributed by atoms with E-state index < -0.39 is 0 Å². The highest BCUT2D eigenvalue weighted by molar-refractivity contribution is 5.79. The van der Waals surface area contributed by atoms with Crippen molar-refractivity contribution in [1.29, 1.82) is 0 Å². The van der Waals surface area contributed by atoms with Crippen LogP contribution in [0.25, 0.3) is 0 Å². The number of carbonyl (C=O) groups is 2. The minimum atomic E-state index is 0.199. The molecule has 4 heteroatoms. The molecule has 3 fully saturated rings. The molecule has 0 aromatic rings. The largest absolute Gasteiger partial charge is 0.356 e. The van der Waals surface area contributed by atoms with Gasteiger partial charge < -0.3 is 10.2 Å². The molecule has 0 aromatic heterocycles. The first-order chi connectivity index (χ1) is 9.74. The average Bonchev–Trinajstić information content (AvgIpc) is 2.67. The summed E-state index contributed by atoms with van der Waals surface area (Å²) in [6.45, 7) is 2.53. The van der Waals surface area contributed by atoms with Gasteiger partial charge in [0.2, 0.25) is 11.8 Å². The summed E-state index contributed by atoms with van der Waals surface area (Å²) in [5.74, 6) is 1.89. The molecule has 0 radical (unpaired) electrons. The number of rotatable bonds is 1. The Balaban J connectivity index is 1.59. The van der Waals surface area contributed by atoms with E-state index in [1.807, 2.05) is 0 Å². The molecule has 4 nitrogen and oxygen atoms in total. The summed E-state index contributed by atoms with van der Waals surface area (Å²) in [6, 6.07) is 0. The Bertz CT molecular complexity index is 377. The van der Waals surface area contributed by atoms with Crippen molar-refractivity contribution < 1.29 is 9.59 Å². The van der Waals surface area contributed by atoms with Crippen LogP contribution in [0.4, 0.5) is 0 Å². The first-order valence-electron chi connectivity index (χ1n) is 8.29. The third-order valence-electron chi connectivity index (χ3n) is 5.44. The van der Waals surface area contributed by atoms with Crippen molar-refractivity contribution in [2.75, 3.05) is 19.6 Å². The molecule has 2 aliphatic heterocycles. The lowest BCUT2D eigenvalue weighted by molar-refractivity contribution is -0.139. The number of nitrogens with zero attached hydrogens (tertiary/aromatic N) is 1. The summed E-state index contributed by atoms with van der Waals surface area (Å²) in [7, 11) is 0. The molecule has 2 atom stereocenters. The number of nitrogens with one attached hydrogen (secondary N) is 1. The second-order valence-electron chi connectivity index (χ2n) is 6.77. The van der Waals surface area contributed by atoms with Gasteiger partial charge in [-0.15, -0.1) is 0 Å². The molecule has 0 aromatic carbocycles. The standard InChI is InChI=1S/C16H26N2O2/c19-15-10-13-7-9-18(11-14(13)6-8-17-15)16(20)12-4-2-1-3-5-12/h12-14H,1-11H2,(H,17,19)/t13-,14-/m0/s1. The molecule has 0 spiro atoms. The average molecular weight is 278 g/mol. The van der Waals surface area contributed by atoms with Crippen LogP contribution in [-0.2, 0) is 9.59 Å². The number of piperidine rings is 1. The van der Waals surface area contributed by atoms with E-state index in [-0.39, 0.29) is 11.8 Å². The van der Waals surface area contributed by atoms with Gasteiger partial charge in [-0.25, -0.2) is 0 Å². The van der Waals surface area contributed by atoms with E-state index in [4.69, 9.17) is 0 Å². The zero-order valence-corrected chi connectivity index (χ0v) is 12.3. The van der Waals surface area contributed by atoms with Crippen LogP contribution in [0.5, 0.6) is 0 Å². The first kappa shape index (κ1) is 13.9. The van der Waals surface area contributed by atoms with Gasteiger partial charge in [-0.1, -0.05) is 19.3 Å². The Kier molecular flexibility index (Phi) is 4.27. The second-order valence-corrected chi connectivity index (χ2v) is 6.77. The Morgan fingerprint density at radius 3 is 2.65 bits per heavy atom. The van der Waals surface area contributed by atoms with Crippen LogP contribution in [0.15, 0.2) is 0 Å². The third-order valence-corrected chi connectivity index (χ3v) is 5.44. The Morgan fingerprint density at radius 2 is 1.85 bits per heavy atom. The number of carbonyl (C=O) groups excluding carboxylic acids is 2. The molecular formula is C16H26N2O2. The normalized spacial score (nSPS) is 32.2. The number of fused-ring (bicyclic) bond motifs is 1. The Hall–Kier alpha value is -1.06. The lowest BCUT2D eigenvalue weighted by atomic mass is 9.81. The molecule has 2 amide bonds. The van der Waals surface area contributed by atoms with Crippen LogP contribution in [0.3, 0.4) is 0 Å². The van der Waals surface area contributed by atoms with E-state index in [9.17, 15) is 9.59 Å². The summed E-state index contributed by atoms with van der Waals surface area (Å²) in [5.41, 5.74) is 0. The molecule has 1 saturated carbocycles. The lowest BCUT2D eigenvalue weighted by Crippen LogP contribution is -2.46. The number of likely N-dealkylation sites (tertiary alicyclic amines) is 1. The minimum Gasteiger partial charge on any atom is -0.356 e. The molecule has 3 rings (SSSR count). The van der Waals surface area contributed by atoms with E-state index in [0.717, 1.165) is 45.3 Å². The second kappa shape index (κ2) is 6.15. The predicted octanol–water partition coefficient (Wildman–Crippen LogP) is 1.94. The highest BCUT2D eigenvalue weighted by Gasteiger charge is 2.36. The highest BCUT2D eigenvalue weighted by Crippen LogP contribution is 2.33. The van der Waals surface area contributed by atoms with Crippen molar-refractivity contribution in [1.82, 2.24) is 10.2 Å². The fourth-order valence-electron chi connectivity index (χ4n) is 4.19. The maximum Gasteiger partial charge on any atom is 0.225 e. The first-order valence-corrected chi connectivity index (χ1v) is 8.29. The molecule has 3 aliphatic rings. The van der Waals surface area contributed by atoms with Gasteiger partial charge in [0.25, 0.3) is 0 Å². The summed E-state index contributed by atoms with van der Waals surface area (Å²) in [5, 5.41) is 2.97. The predicted molar refractivity (Wildman–Crippen MR) is 77.0 cm³/mol. The van der Waals surface area contributed by atoms with E-state index in [1.165, 1.54) is 19.3 Å². The van der Waals surface area contributed by atoms with E-state index in [1.54, 1.807) is 0 Å². The molecule has 1 aliphatic carbocycles. The van der Waals surface area contributed by atoms with Crippen molar-refractivity contribution in [3.8, 4) is 0 Å². The van der Waals surface area contributed by atoms with E-state index >= 15 is 0 Å². The van der Waals surface area contributed by atoms with E-state index in [0.29, 0.717) is 24.2 Å². The number of amides is 2. The molecule has 2 heterocycles. The van der Waals surface area contributed by atoms with Gasteiger partial charge in [-0.05, 0) is 37.5 Å². The van der Waals surface area contributed by atoms with Crippen molar-refractivity contribution in [2.24, 2.45) is 17.8 Å². The van der Waals surface area contributed by atoms with Crippen molar-refractivity contribution in [3.63, 3.8) is 0 Å². The molecule has 2 saturated heterocycles. The monoisotopic (exact) mass is 278 g/mol. The Morgan fingerprint density at radius 1 is 1.05 bits per heavy atom. The smallest absolute Gasteiger partial charge is 0.225 e. The minimum absolute atomic E-state index is 0.199. The van der Waals surface area contributed by atoms with Crippen molar-refractivity contribution in [2.45, 2.75) is 51.4 Å². The van der Waals surface area contributed by atoms with E-state index in [2.05, 4.69) is 10.2 Å². The van der Waals surface area contributed by atoms with Gasteiger partial charge in [-0.2, -0.15) is 0 Å². The zero-order valence-electron chi connectivity index (χ0n) is 12.3. The van der Waals surface area contributed by atoms with Crippen LogP contribution in [0.2, 0.25) is 0 Å². The number of hydrogen-bond acceptors (Lipinski definition) is 2. The maximum atomic E-state index is 12.6. The number of hydrogen-bond donors (Lipinski definition) is 1. The summed E-state index contributed by atoms with van der Waals surface area (Å²) in [6.07, 6.45) is 8.61. The maximum absolute atomic E-state index is 12.6. The van der Waals surface area contributed by atoms with Crippen LogP contribution in [-0.4, -0.2) is 36.3 Å². The van der Waals surface area contributed by atoms with Crippen LogP contribution >= 0.6 is 0 Å². The van der Waals surface area contributed by atoms with Gasteiger partial charge in [0.1, 0.15) is 0 Å². The van der Waals surface area contributed by atoms with Gasteiger partial charge in [0.15, 0.2) is 0 Å². The van der Waals surface area contributed by atoms with Gasteiger partial charge in [-0.3, -0.25) is 9.59 Å². The van der Waals surface area contributed by atoms with Gasteiger partial charge >= 0.3 is 0 Å². The fourth-order valence-corrected chi connectivity index (χ4v) is 4.19. The van der Waals surface area contributed by atoms with Crippen LogP contribution in [0, 0.1) is 17.8 Å².